The summed E-state index contributed by atoms with van der Waals surface area (Å²) in [6.45, 7) is 0.152. The second-order valence-electron chi connectivity index (χ2n) is 4.55. The van der Waals surface area contributed by atoms with Gasteiger partial charge in [-0.15, -0.1) is 0 Å². The molecule has 2 rings (SSSR count). The number of rotatable bonds is 5. The third-order valence-electron chi connectivity index (χ3n) is 3.02. The van der Waals surface area contributed by atoms with Crippen LogP contribution >= 0.6 is 0 Å². The van der Waals surface area contributed by atoms with Crippen LogP contribution in [0.3, 0.4) is 0 Å². The van der Waals surface area contributed by atoms with E-state index in [2.05, 4.69) is 10.0 Å². The number of amides is 1. The predicted octanol–water partition coefficient (Wildman–Crippen LogP) is 1.66. The Morgan fingerprint density at radius 2 is 1.86 bits per heavy atom. The van der Waals surface area contributed by atoms with Crippen molar-refractivity contribution in [2.24, 2.45) is 0 Å². The summed E-state index contributed by atoms with van der Waals surface area (Å²) in [5, 5.41) is 2.62. The van der Waals surface area contributed by atoms with Crippen LogP contribution in [0.5, 0.6) is 0 Å². The van der Waals surface area contributed by atoms with Gasteiger partial charge in [-0.2, -0.15) is 0 Å². The minimum Gasteiger partial charge on any atom is -0.348 e. The molecule has 1 amide bonds. The molecule has 0 aliphatic rings. The minimum atomic E-state index is -3.61. The van der Waals surface area contributed by atoms with E-state index < -0.39 is 15.9 Å². The molecule has 22 heavy (non-hydrogen) atoms. The maximum Gasteiger partial charge on any atom is 0.251 e. The highest BCUT2D eigenvalue weighted by Crippen LogP contribution is 2.11. The number of sulfonamides is 1. The quantitative estimate of drug-likeness (QED) is 0.879. The Labute approximate surface area is 128 Å². The molecule has 0 aliphatic carbocycles. The Balaban J connectivity index is 2.12. The summed E-state index contributed by atoms with van der Waals surface area (Å²) in [5.74, 6) is -0.814. The van der Waals surface area contributed by atoms with E-state index in [1.54, 1.807) is 12.1 Å². The Kier molecular flexibility index (Phi) is 4.89. The zero-order chi connectivity index (χ0) is 16.2. The van der Waals surface area contributed by atoms with E-state index >= 15 is 0 Å². The molecule has 0 saturated carbocycles. The summed E-state index contributed by atoms with van der Waals surface area (Å²) < 4.78 is 38.7. The van der Waals surface area contributed by atoms with Crippen molar-refractivity contribution in [2.45, 2.75) is 11.4 Å². The van der Waals surface area contributed by atoms with Crippen LogP contribution in [0.4, 0.5) is 4.39 Å². The van der Waals surface area contributed by atoms with Gasteiger partial charge < -0.3 is 5.32 Å². The maximum atomic E-state index is 13.1. The highest BCUT2D eigenvalue weighted by molar-refractivity contribution is 7.89. The van der Waals surface area contributed by atoms with Gasteiger partial charge in [0.05, 0.1) is 4.90 Å². The molecular weight excluding hydrogens is 307 g/mol. The van der Waals surface area contributed by atoms with Crippen LogP contribution in [0.25, 0.3) is 0 Å². The van der Waals surface area contributed by atoms with Gasteiger partial charge in [0.25, 0.3) is 5.91 Å². The Hall–Kier alpha value is -2.25. The van der Waals surface area contributed by atoms with E-state index in [0.717, 1.165) is 0 Å². The number of benzene rings is 2. The van der Waals surface area contributed by atoms with E-state index in [0.29, 0.717) is 5.56 Å². The number of hydrogen-bond acceptors (Lipinski definition) is 3. The fourth-order valence-corrected chi connectivity index (χ4v) is 2.63. The molecule has 0 spiro atoms. The fourth-order valence-electron chi connectivity index (χ4n) is 1.85. The zero-order valence-electron chi connectivity index (χ0n) is 11.8. The first-order valence-electron chi connectivity index (χ1n) is 6.48. The summed E-state index contributed by atoms with van der Waals surface area (Å²) in [6.07, 6.45) is 0. The van der Waals surface area contributed by atoms with Crippen LogP contribution in [-0.2, 0) is 16.6 Å². The highest BCUT2D eigenvalue weighted by Gasteiger charge is 2.14. The third-order valence-corrected chi connectivity index (χ3v) is 4.43. The first kappa shape index (κ1) is 16.1. The van der Waals surface area contributed by atoms with E-state index in [-0.39, 0.29) is 22.8 Å². The molecule has 0 aromatic heterocycles. The highest BCUT2D eigenvalue weighted by atomic mass is 32.2. The lowest BCUT2D eigenvalue weighted by molar-refractivity contribution is 0.0950. The van der Waals surface area contributed by atoms with Gasteiger partial charge in [-0.1, -0.05) is 18.2 Å². The zero-order valence-corrected chi connectivity index (χ0v) is 12.7. The van der Waals surface area contributed by atoms with Crippen LogP contribution in [0.1, 0.15) is 15.9 Å². The standard InChI is InChI=1S/C15H15FN2O3S/c1-17-22(20,21)14-7-3-5-12(9-14)15(19)18-10-11-4-2-6-13(16)8-11/h2-9,17H,10H2,1H3,(H,18,19). The molecule has 0 unspecified atom stereocenters. The van der Waals surface area contributed by atoms with Gasteiger partial charge in [0.2, 0.25) is 10.0 Å². The van der Waals surface area contributed by atoms with Gasteiger partial charge in [-0.25, -0.2) is 17.5 Å². The van der Waals surface area contributed by atoms with Crippen molar-refractivity contribution in [1.29, 1.82) is 0 Å². The fraction of sp³-hybridized carbons (Fsp3) is 0.133. The molecule has 2 aromatic carbocycles. The number of halogens is 1. The number of carbonyl (C=O) groups excluding carboxylic acids is 1. The Morgan fingerprint density at radius 1 is 1.14 bits per heavy atom. The van der Waals surface area contributed by atoms with Crippen LogP contribution in [0, 0.1) is 5.82 Å². The second-order valence-corrected chi connectivity index (χ2v) is 6.43. The van der Waals surface area contributed by atoms with Crippen molar-refractivity contribution in [3.05, 3.63) is 65.5 Å². The Morgan fingerprint density at radius 3 is 2.55 bits per heavy atom. The average molecular weight is 322 g/mol. The first-order valence-corrected chi connectivity index (χ1v) is 7.97. The van der Waals surface area contributed by atoms with Gasteiger partial charge in [-0.3, -0.25) is 4.79 Å². The van der Waals surface area contributed by atoms with Crippen LogP contribution < -0.4 is 10.0 Å². The summed E-state index contributed by atoms with van der Waals surface area (Å²) in [7, 11) is -2.31. The normalized spacial score (nSPS) is 11.2. The molecule has 0 aliphatic heterocycles. The lowest BCUT2D eigenvalue weighted by Crippen LogP contribution is -2.24. The minimum absolute atomic E-state index is 0.00778. The van der Waals surface area contributed by atoms with Gasteiger partial charge in [-0.05, 0) is 42.9 Å². The summed E-state index contributed by atoms with van der Waals surface area (Å²) in [6, 6.07) is 11.6. The number of nitrogens with one attached hydrogen (secondary N) is 2. The van der Waals surface area contributed by atoms with Gasteiger partial charge >= 0.3 is 0 Å². The molecule has 0 radical (unpaired) electrons. The SMILES string of the molecule is CNS(=O)(=O)c1cccc(C(=O)NCc2cccc(F)c2)c1. The van der Waals surface area contributed by atoms with E-state index in [9.17, 15) is 17.6 Å². The van der Waals surface area contributed by atoms with Gasteiger partial charge in [0.15, 0.2) is 0 Å². The molecule has 0 heterocycles. The van der Waals surface area contributed by atoms with Crippen LogP contribution in [-0.4, -0.2) is 21.4 Å². The molecule has 0 atom stereocenters. The van der Waals surface area contributed by atoms with Crippen molar-refractivity contribution < 1.29 is 17.6 Å². The summed E-state index contributed by atoms with van der Waals surface area (Å²) in [4.78, 5) is 12.1. The molecular formula is C15H15FN2O3S. The summed E-state index contributed by atoms with van der Waals surface area (Å²) >= 11 is 0. The van der Waals surface area contributed by atoms with E-state index in [4.69, 9.17) is 0 Å². The topological polar surface area (TPSA) is 75.3 Å². The van der Waals surface area contributed by atoms with Crippen molar-refractivity contribution in [1.82, 2.24) is 10.0 Å². The van der Waals surface area contributed by atoms with Crippen molar-refractivity contribution in [3.8, 4) is 0 Å². The first-order chi connectivity index (χ1) is 10.4. The predicted molar refractivity (Wildman–Crippen MR) is 80.3 cm³/mol. The molecule has 0 fully saturated rings. The van der Waals surface area contributed by atoms with E-state index in [1.165, 1.54) is 43.4 Å². The number of carbonyl (C=O) groups is 1. The van der Waals surface area contributed by atoms with Crippen molar-refractivity contribution >= 4 is 15.9 Å². The van der Waals surface area contributed by atoms with Crippen molar-refractivity contribution in [3.63, 3.8) is 0 Å². The summed E-state index contributed by atoms with van der Waals surface area (Å²) in [5.41, 5.74) is 0.833. The largest absolute Gasteiger partial charge is 0.348 e. The third kappa shape index (κ3) is 3.90. The van der Waals surface area contributed by atoms with Gasteiger partial charge in [0, 0.05) is 12.1 Å². The molecule has 7 heteroatoms. The van der Waals surface area contributed by atoms with Crippen LogP contribution in [0.2, 0.25) is 0 Å². The Bertz CT molecular complexity index is 791. The molecule has 2 aromatic rings. The lowest BCUT2D eigenvalue weighted by Gasteiger charge is -2.07. The van der Waals surface area contributed by atoms with Gasteiger partial charge in [0.1, 0.15) is 5.82 Å². The van der Waals surface area contributed by atoms with Crippen molar-refractivity contribution in [2.75, 3.05) is 7.05 Å². The second kappa shape index (κ2) is 6.67. The molecule has 116 valence electrons. The molecule has 0 bridgehead atoms. The monoisotopic (exact) mass is 322 g/mol. The number of hydrogen-bond donors (Lipinski definition) is 2. The maximum absolute atomic E-state index is 13.1. The molecule has 0 saturated heterocycles. The molecule has 5 nitrogen and oxygen atoms in total. The van der Waals surface area contributed by atoms with E-state index in [1.807, 2.05) is 0 Å². The smallest absolute Gasteiger partial charge is 0.251 e. The average Bonchev–Trinajstić information content (AvgIpc) is 2.53. The lowest BCUT2D eigenvalue weighted by atomic mass is 10.2. The van der Waals surface area contributed by atoms with Crippen LogP contribution in [0.15, 0.2) is 53.4 Å². The molecule has 2 N–H and O–H groups in total.